The van der Waals surface area contributed by atoms with Gasteiger partial charge in [0.2, 0.25) is 0 Å². The maximum Gasteiger partial charge on any atom is 0.0246 e. The zero-order valence-corrected chi connectivity index (χ0v) is 6.46. The number of hydrogen-bond donors (Lipinski definition) is 1. The van der Waals surface area contributed by atoms with E-state index in [4.69, 9.17) is 9.85 Å². The van der Waals surface area contributed by atoms with Crippen LogP contribution in [0.2, 0.25) is 0 Å². The average Bonchev–Trinajstić information content (AvgIpc) is 2.14. The summed E-state index contributed by atoms with van der Waals surface area (Å²) in [6.45, 7) is -2.03. The van der Waals surface area contributed by atoms with Crippen LogP contribution >= 0.6 is 0 Å². The molecule has 1 heteroatoms. The van der Waals surface area contributed by atoms with Crippen molar-refractivity contribution in [2.45, 2.75) is 25.7 Å². The van der Waals surface area contributed by atoms with Crippen molar-refractivity contribution in [3.05, 3.63) is 35.9 Å². The smallest absolute Gasteiger partial charge is 0.0246 e. The molecule has 1 rings (SSSR count). The summed E-state index contributed by atoms with van der Waals surface area (Å²) in [6.07, 6.45) is 1.22. The Hall–Kier alpha value is -0.820. The summed E-state index contributed by atoms with van der Waals surface area (Å²) in [6, 6.07) is 9.06. The van der Waals surface area contributed by atoms with Crippen LogP contribution in [0, 0.1) is 0 Å². The van der Waals surface area contributed by atoms with Gasteiger partial charge in [0, 0.05) is 10.2 Å². The predicted molar refractivity (Wildman–Crippen MR) is 48.4 cm³/mol. The highest BCUT2D eigenvalue weighted by atomic mass is 14.6. The molecule has 0 bridgehead atoms. The normalized spacial score (nSPS) is 18.1. The second kappa shape index (κ2) is 4.14. The Balaban J connectivity index is 2.42. The van der Waals surface area contributed by atoms with Gasteiger partial charge in [-0.05, 0) is 25.3 Å². The first-order valence-electron chi connectivity index (χ1n) is 5.29. The lowest BCUT2D eigenvalue weighted by Crippen LogP contribution is -2.15. The van der Waals surface area contributed by atoms with E-state index in [0.29, 0.717) is 6.42 Å². The second-order valence-electron chi connectivity index (χ2n) is 2.63. The molecule has 0 unspecified atom stereocenters. The monoisotopic (exact) mass is 152 g/mol. The van der Waals surface area contributed by atoms with Gasteiger partial charge in [-0.1, -0.05) is 30.3 Å². The fourth-order valence-corrected chi connectivity index (χ4v) is 0.967. The van der Waals surface area contributed by atoms with E-state index in [1.54, 1.807) is 0 Å². The van der Waals surface area contributed by atoms with Crippen LogP contribution in [0.1, 0.15) is 22.9 Å². The molecule has 0 aliphatic heterocycles. The molecule has 1 aromatic rings. The third-order valence-corrected chi connectivity index (χ3v) is 1.59. The van der Waals surface area contributed by atoms with Gasteiger partial charge >= 0.3 is 0 Å². The van der Waals surface area contributed by atoms with Crippen molar-refractivity contribution in [2.24, 2.45) is 5.73 Å². The molecule has 0 radical (unpaired) electrons. The molecule has 0 spiro atoms. The number of benzene rings is 1. The topological polar surface area (TPSA) is 26.0 Å². The van der Waals surface area contributed by atoms with Crippen molar-refractivity contribution in [1.29, 1.82) is 0 Å². The van der Waals surface area contributed by atoms with Gasteiger partial charge in [-0.25, -0.2) is 0 Å². The van der Waals surface area contributed by atoms with Crippen molar-refractivity contribution in [2.75, 3.05) is 0 Å². The molecule has 1 aromatic carbocycles. The van der Waals surface area contributed by atoms with E-state index in [1.807, 2.05) is 30.3 Å². The van der Waals surface area contributed by atoms with E-state index in [-0.39, 0.29) is 0 Å². The Morgan fingerprint density at radius 1 is 1.45 bits per heavy atom. The first-order chi connectivity index (χ1) is 6.50. The van der Waals surface area contributed by atoms with Gasteiger partial charge in [-0.3, -0.25) is 0 Å². The zero-order chi connectivity index (χ0) is 10.6. The minimum Gasteiger partial charge on any atom is -0.328 e. The highest BCUT2D eigenvalue weighted by Gasteiger charge is 1.94. The molecule has 0 amide bonds. The van der Waals surface area contributed by atoms with Crippen LogP contribution < -0.4 is 5.73 Å². The maximum atomic E-state index is 7.11. The highest BCUT2D eigenvalue weighted by molar-refractivity contribution is 5.14. The SMILES string of the molecule is [2H]C([2H])([2H])[C@@H](N)CCc1ccccc1. The molecule has 11 heavy (non-hydrogen) atoms. The number of hydrogen-bond acceptors (Lipinski definition) is 1. The Kier molecular flexibility index (Phi) is 1.86. The Morgan fingerprint density at radius 3 is 2.82 bits per heavy atom. The Morgan fingerprint density at radius 2 is 2.18 bits per heavy atom. The third kappa shape index (κ3) is 3.19. The fraction of sp³-hybridized carbons (Fsp3) is 0.400. The molecule has 0 aliphatic rings. The largest absolute Gasteiger partial charge is 0.328 e. The van der Waals surface area contributed by atoms with Gasteiger partial charge in [-0.15, -0.1) is 0 Å². The molecule has 1 atom stereocenters. The summed E-state index contributed by atoms with van der Waals surface area (Å²) in [5, 5.41) is 0. The van der Waals surface area contributed by atoms with Crippen LogP contribution in [0.3, 0.4) is 0 Å². The summed E-state index contributed by atoms with van der Waals surface area (Å²) < 4.78 is 21.3. The van der Waals surface area contributed by atoms with E-state index in [9.17, 15) is 0 Å². The zero-order valence-electron chi connectivity index (χ0n) is 9.46. The van der Waals surface area contributed by atoms with Gasteiger partial charge < -0.3 is 5.73 Å². The number of nitrogens with two attached hydrogens (primary N) is 1. The maximum absolute atomic E-state index is 7.11. The minimum atomic E-state index is -2.03. The second-order valence-corrected chi connectivity index (χ2v) is 2.63. The van der Waals surface area contributed by atoms with Crippen molar-refractivity contribution in [3.63, 3.8) is 0 Å². The van der Waals surface area contributed by atoms with Crippen molar-refractivity contribution < 1.29 is 4.11 Å². The van der Waals surface area contributed by atoms with Crippen LogP contribution in [0.4, 0.5) is 0 Å². The first-order valence-corrected chi connectivity index (χ1v) is 3.79. The lowest BCUT2D eigenvalue weighted by Gasteiger charge is -2.03. The summed E-state index contributed by atoms with van der Waals surface area (Å²) in [5.74, 6) is 0. The van der Waals surface area contributed by atoms with E-state index in [2.05, 4.69) is 0 Å². The summed E-state index contributed by atoms with van der Waals surface area (Å²) >= 11 is 0. The van der Waals surface area contributed by atoms with Crippen LogP contribution in [-0.4, -0.2) is 6.04 Å². The molecule has 0 fully saturated rings. The summed E-state index contributed by atoms with van der Waals surface area (Å²) in [5.41, 5.74) is 6.67. The molecule has 2 N–H and O–H groups in total. The van der Waals surface area contributed by atoms with Crippen molar-refractivity contribution in [3.8, 4) is 0 Å². The highest BCUT2D eigenvalue weighted by Crippen LogP contribution is 2.02. The molecule has 60 valence electrons. The van der Waals surface area contributed by atoms with Crippen LogP contribution in [-0.2, 0) is 6.42 Å². The van der Waals surface area contributed by atoms with E-state index in [0.717, 1.165) is 12.0 Å². The van der Waals surface area contributed by atoms with Crippen LogP contribution in [0.5, 0.6) is 0 Å². The lowest BCUT2D eigenvalue weighted by atomic mass is 10.1. The molecule has 0 saturated carbocycles. The lowest BCUT2D eigenvalue weighted by molar-refractivity contribution is 0.666. The minimum absolute atomic E-state index is 0.501. The number of rotatable bonds is 3. The van der Waals surface area contributed by atoms with Crippen molar-refractivity contribution in [1.82, 2.24) is 0 Å². The molecule has 0 aromatic heterocycles. The van der Waals surface area contributed by atoms with Crippen molar-refractivity contribution >= 4 is 0 Å². The standard InChI is InChI=1S/C10H15N/c1-9(11)7-8-10-5-3-2-4-6-10/h2-6,9H,7-8,11H2,1H3/t9-/m1/s1/i1D3. The molecular formula is C10H15N. The fourth-order valence-electron chi connectivity index (χ4n) is 0.967. The molecule has 0 saturated heterocycles. The molecule has 0 heterocycles. The van der Waals surface area contributed by atoms with Gasteiger partial charge in [0.1, 0.15) is 0 Å². The summed E-state index contributed by atoms with van der Waals surface area (Å²) in [7, 11) is 0. The third-order valence-electron chi connectivity index (χ3n) is 1.59. The molecule has 1 nitrogen and oxygen atoms in total. The van der Waals surface area contributed by atoms with Gasteiger partial charge in [-0.2, -0.15) is 0 Å². The van der Waals surface area contributed by atoms with Gasteiger partial charge in [0.25, 0.3) is 0 Å². The molecule has 0 aliphatic carbocycles. The predicted octanol–water partition coefficient (Wildman–Crippen LogP) is 1.97. The van der Waals surface area contributed by atoms with E-state index < -0.39 is 12.9 Å². The molecular weight excluding hydrogens is 134 g/mol. The average molecular weight is 152 g/mol. The Bertz CT molecular complexity index is 268. The van der Waals surface area contributed by atoms with Crippen LogP contribution in [0.25, 0.3) is 0 Å². The summed E-state index contributed by atoms with van der Waals surface area (Å²) in [4.78, 5) is 0. The quantitative estimate of drug-likeness (QED) is 0.704. The van der Waals surface area contributed by atoms with Gasteiger partial charge in [0.15, 0.2) is 0 Å². The first kappa shape index (κ1) is 4.94. The van der Waals surface area contributed by atoms with Gasteiger partial charge in [0.05, 0.1) is 0 Å². The van der Waals surface area contributed by atoms with Crippen LogP contribution in [0.15, 0.2) is 30.3 Å². The number of aryl methyl sites for hydroxylation is 1. The van der Waals surface area contributed by atoms with E-state index >= 15 is 0 Å². The van der Waals surface area contributed by atoms with E-state index in [1.165, 1.54) is 0 Å². The Labute approximate surface area is 72.4 Å².